The molecule has 0 aliphatic heterocycles. The molecular formula is C13H19Cl2NO3S. The molecule has 20 heavy (non-hydrogen) atoms. The van der Waals surface area contributed by atoms with Crippen LogP contribution >= 0.6 is 23.2 Å². The van der Waals surface area contributed by atoms with Crippen molar-refractivity contribution in [1.82, 2.24) is 5.32 Å². The summed E-state index contributed by atoms with van der Waals surface area (Å²) in [7, 11) is -0.770. The minimum atomic E-state index is -0.770. The molecule has 0 aliphatic rings. The van der Waals surface area contributed by atoms with Gasteiger partial charge in [0.05, 0.1) is 10.0 Å². The lowest BCUT2D eigenvalue weighted by atomic mass is 10.3. The van der Waals surface area contributed by atoms with E-state index in [1.807, 2.05) is 0 Å². The van der Waals surface area contributed by atoms with Crippen LogP contribution < -0.4 is 10.1 Å². The van der Waals surface area contributed by atoms with Crippen LogP contribution in [0.15, 0.2) is 18.2 Å². The summed E-state index contributed by atoms with van der Waals surface area (Å²) in [5.41, 5.74) is 0. The lowest BCUT2D eigenvalue weighted by Gasteiger charge is -2.14. The summed E-state index contributed by atoms with van der Waals surface area (Å²) in [4.78, 5) is 0. The zero-order valence-corrected chi connectivity index (χ0v) is 13.6. The van der Waals surface area contributed by atoms with E-state index in [4.69, 9.17) is 27.9 Å². The van der Waals surface area contributed by atoms with Gasteiger partial charge in [0, 0.05) is 29.4 Å². The van der Waals surface area contributed by atoms with Crippen LogP contribution in [0.2, 0.25) is 10.0 Å². The Morgan fingerprint density at radius 3 is 2.65 bits per heavy atom. The number of halogens is 2. The number of benzene rings is 1. The Morgan fingerprint density at radius 1 is 1.40 bits per heavy atom. The molecule has 0 radical (unpaired) electrons. The number of para-hydroxylation sites is 1. The molecule has 0 bridgehead atoms. The lowest BCUT2D eigenvalue weighted by Crippen LogP contribution is -2.32. The average Bonchev–Trinajstić information content (AvgIpc) is 2.37. The van der Waals surface area contributed by atoms with E-state index in [-0.39, 0.29) is 6.61 Å². The second-order valence-corrected chi connectivity index (χ2v) is 6.72. The zero-order chi connectivity index (χ0) is 15.0. The van der Waals surface area contributed by atoms with E-state index in [1.165, 1.54) is 0 Å². The first-order valence-electron chi connectivity index (χ1n) is 6.26. The van der Waals surface area contributed by atoms with E-state index in [0.29, 0.717) is 34.6 Å². The average molecular weight is 340 g/mol. The number of aliphatic hydroxyl groups is 1. The largest absolute Gasteiger partial charge is 0.488 e. The maximum Gasteiger partial charge on any atom is 0.156 e. The first-order chi connectivity index (χ1) is 9.50. The van der Waals surface area contributed by atoms with Gasteiger partial charge >= 0.3 is 0 Å². The molecule has 1 aromatic rings. The number of ether oxygens (including phenoxy) is 1. The van der Waals surface area contributed by atoms with Gasteiger partial charge in [0.2, 0.25) is 0 Å². The van der Waals surface area contributed by atoms with Crippen LogP contribution in [-0.2, 0) is 10.8 Å². The fourth-order valence-electron chi connectivity index (χ4n) is 1.53. The Bertz CT molecular complexity index is 425. The number of hydrogen-bond acceptors (Lipinski definition) is 4. The van der Waals surface area contributed by atoms with Crippen LogP contribution in [0.1, 0.15) is 6.42 Å². The van der Waals surface area contributed by atoms with Crippen molar-refractivity contribution in [3.05, 3.63) is 28.2 Å². The van der Waals surface area contributed by atoms with Gasteiger partial charge in [0.15, 0.2) is 5.75 Å². The number of aliphatic hydroxyl groups excluding tert-OH is 1. The molecule has 0 amide bonds. The molecule has 4 nitrogen and oxygen atoms in total. The molecule has 114 valence electrons. The molecule has 1 aromatic carbocycles. The minimum Gasteiger partial charge on any atom is -0.488 e. The molecule has 7 heteroatoms. The van der Waals surface area contributed by atoms with E-state index < -0.39 is 16.9 Å². The molecule has 2 unspecified atom stereocenters. The van der Waals surface area contributed by atoms with Gasteiger partial charge in [-0.3, -0.25) is 4.21 Å². The maximum absolute atomic E-state index is 10.9. The topological polar surface area (TPSA) is 58.6 Å². The van der Waals surface area contributed by atoms with Crippen molar-refractivity contribution in [3.8, 4) is 5.75 Å². The van der Waals surface area contributed by atoms with Gasteiger partial charge in [0.1, 0.15) is 12.7 Å². The van der Waals surface area contributed by atoms with E-state index in [1.54, 1.807) is 24.5 Å². The number of rotatable bonds is 9. The Kier molecular flexibility index (Phi) is 8.49. The zero-order valence-electron chi connectivity index (χ0n) is 11.3. The Hall–Kier alpha value is -0.330. The molecule has 0 aromatic heterocycles. The van der Waals surface area contributed by atoms with Gasteiger partial charge in [0.25, 0.3) is 0 Å². The second kappa shape index (κ2) is 9.58. The summed E-state index contributed by atoms with van der Waals surface area (Å²) in [5.74, 6) is 1.05. The molecule has 1 rings (SSSR count). The SMILES string of the molecule is CS(=O)CCCNCC(O)COc1c(Cl)cccc1Cl. The van der Waals surface area contributed by atoms with Crippen LogP contribution in [0, 0.1) is 0 Å². The molecule has 0 saturated carbocycles. The summed E-state index contributed by atoms with van der Waals surface area (Å²) < 4.78 is 16.3. The number of hydrogen-bond donors (Lipinski definition) is 2. The summed E-state index contributed by atoms with van der Waals surface area (Å²) in [6.07, 6.45) is 1.83. The highest BCUT2D eigenvalue weighted by Gasteiger charge is 2.10. The third kappa shape index (κ3) is 6.90. The van der Waals surface area contributed by atoms with Gasteiger partial charge in [-0.1, -0.05) is 29.3 Å². The molecule has 2 N–H and O–H groups in total. The van der Waals surface area contributed by atoms with E-state index >= 15 is 0 Å². The van der Waals surface area contributed by atoms with Crippen LogP contribution in [0.3, 0.4) is 0 Å². The third-order valence-electron chi connectivity index (χ3n) is 2.50. The maximum atomic E-state index is 10.9. The standard InChI is InChI=1S/C13H19Cl2NO3S/c1-20(18)7-3-6-16-8-10(17)9-19-13-11(14)4-2-5-12(13)15/h2,4-5,10,16-17H,3,6-9H2,1H3. The van der Waals surface area contributed by atoms with Crippen molar-refractivity contribution in [1.29, 1.82) is 0 Å². The summed E-state index contributed by atoms with van der Waals surface area (Å²) >= 11 is 11.9. The Morgan fingerprint density at radius 2 is 2.05 bits per heavy atom. The van der Waals surface area contributed by atoms with E-state index in [9.17, 15) is 9.32 Å². The van der Waals surface area contributed by atoms with Crippen LogP contribution in [0.5, 0.6) is 5.75 Å². The van der Waals surface area contributed by atoms with Crippen LogP contribution in [-0.4, -0.2) is 47.1 Å². The highest BCUT2D eigenvalue weighted by molar-refractivity contribution is 7.84. The van der Waals surface area contributed by atoms with Gasteiger partial charge in [-0.15, -0.1) is 0 Å². The van der Waals surface area contributed by atoms with E-state index in [2.05, 4.69) is 5.32 Å². The fraction of sp³-hybridized carbons (Fsp3) is 0.538. The van der Waals surface area contributed by atoms with Crippen LogP contribution in [0.25, 0.3) is 0 Å². The second-order valence-electron chi connectivity index (χ2n) is 4.35. The van der Waals surface area contributed by atoms with E-state index in [0.717, 1.165) is 6.42 Å². The fourth-order valence-corrected chi connectivity index (χ4v) is 2.59. The van der Waals surface area contributed by atoms with Gasteiger partial charge in [-0.05, 0) is 25.1 Å². The summed E-state index contributed by atoms with van der Waals surface area (Å²) in [6, 6.07) is 5.09. The predicted octanol–water partition coefficient (Wildman–Crippen LogP) is 2.09. The Labute approximate surface area is 131 Å². The molecular weight excluding hydrogens is 321 g/mol. The van der Waals surface area contributed by atoms with Crippen molar-refractivity contribution in [2.75, 3.05) is 31.7 Å². The number of nitrogens with one attached hydrogen (secondary N) is 1. The van der Waals surface area contributed by atoms with Crippen molar-refractivity contribution in [3.63, 3.8) is 0 Å². The molecule has 0 fully saturated rings. The quantitative estimate of drug-likeness (QED) is 0.676. The molecule has 2 atom stereocenters. The van der Waals surface area contributed by atoms with Crippen molar-refractivity contribution >= 4 is 34.0 Å². The normalized spacial score (nSPS) is 14.0. The van der Waals surface area contributed by atoms with Crippen molar-refractivity contribution in [2.45, 2.75) is 12.5 Å². The third-order valence-corrected chi connectivity index (χ3v) is 3.96. The minimum absolute atomic E-state index is 0.107. The van der Waals surface area contributed by atoms with Gasteiger partial charge < -0.3 is 15.2 Å². The highest BCUT2D eigenvalue weighted by atomic mass is 35.5. The summed E-state index contributed by atoms with van der Waals surface area (Å²) in [6.45, 7) is 1.22. The van der Waals surface area contributed by atoms with Crippen molar-refractivity contribution in [2.24, 2.45) is 0 Å². The molecule has 0 aliphatic carbocycles. The predicted molar refractivity (Wildman–Crippen MR) is 84.4 cm³/mol. The highest BCUT2D eigenvalue weighted by Crippen LogP contribution is 2.32. The van der Waals surface area contributed by atoms with Crippen LogP contribution in [0.4, 0.5) is 0 Å². The molecule has 0 heterocycles. The van der Waals surface area contributed by atoms with Gasteiger partial charge in [-0.2, -0.15) is 0 Å². The lowest BCUT2D eigenvalue weighted by molar-refractivity contribution is 0.107. The smallest absolute Gasteiger partial charge is 0.156 e. The molecule has 0 spiro atoms. The van der Waals surface area contributed by atoms with Crippen molar-refractivity contribution < 1.29 is 14.1 Å². The van der Waals surface area contributed by atoms with Gasteiger partial charge in [-0.25, -0.2) is 0 Å². The first-order valence-corrected chi connectivity index (χ1v) is 8.74. The monoisotopic (exact) mass is 339 g/mol. The Balaban J connectivity index is 2.23. The summed E-state index contributed by atoms with van der Waals surface area (Å²) in [5, 5.41) is 13.7. The first kappa shape index (κ1) is 17.7. The molecule has 0 saturated heterocycles.